The van der Waals surface area contributed by atoms with Gasteiger partial charge in [-0.3, -0.25) is 0 Å². The van der Waals surface area contributed by atoms with E-state index in [2.05, 4.69) is 0 Å². The van der Waals surface area contributed by atoms with E-state index < -0.39 is 17.2 Å². The second-order valence-corrected chi connectivity index (χ2v) is 4.08. The van der Waals surface area contributed by atoms with Crippen molar-refractivity contribution in [1.29, 1.82) is 0 Å². The molecule has 2 rings (SSSR count). The Labute approximate surface area is 81.4 Å². The number of halogens is 2. The Bertz CT molecular complexity index is 336. The monoisotopic (exact) mass is 198 g/mol. The maximum Gasteiger partial charge on any atom is 0.126 e. The predicted octanol–water partition coefficient (Wildman–Crippen LogP) is 2.58. The Kier molecular flexibility index (Phi) is 2.07. The molecule has 1 nitrogen and oxygen atoms in total. The van der Waals surface area contributed by atoms with Crippen molar-refractivity contribution in [2.45, 2.75) is 25.4 Å². The normalized spacial score (nSPS) is 20.6. The van der Waals surface area contributed by atoms with E-state index in [4.69, 9.17) is 0 Å². The van der Waals surface area contributed by atoms with Crippen LogP contribution in [0, 0.1) is 17.6 Å². The van der Waals surface area contributed by atoms with E-state index in [0.717, 1.165) is 18.9 Å². The van der Waals surface area contributed by atoms with Gasteiger partial charge in [0.25, 0.3) is 0 Å². The molecule has 0 spiro atoms. The molecule has 1 aliphatic carbocycles. The minimum absolute atomic E-state index is 0.142. The minimum Gasteiger partial charge on any atom is -0.385 e. The molecule has 1 aromatic rings. The first-order valence-corrected chi connectivity index (χ1v) is 4.69. The third kappa shape index (κ3) is 1.64. The van der Waals surface area contributed by atoms with Gasteiger partial charge in [-0.1, -0.05) is 0 Å². The SMILES string of the molecule is C[C@@](O)(c1cc(F)cc(F)c1)C1CC1. The van der Waals surface area contributed by atoms with Crippen LogP contribution in [0.4, 0.5) is 8.78 Å². The Hall–Kier alpha value is -0.960. The van der Waals surface area contributed by atoms with E-state index in [-0.39, 0.29) is 5.92 Å². The van der Waals surface area contributed by atoms with E-state index >= 15 is 0 Å². The summed E-state index contributed by atoms with van der Waals surface area (Å²) in [6.45, 7) is 1.61. The lowest BCUT2D eigenvalue weighted by Gasteiger charge is -2.23. The number of hydrogen-bond donors (Lipinski definition) is 1. The minimum atomic E-state index is -1.09. The van der Waals surface area contributed by atoms with Crippen LogP contribution >= 0.6 is 0 Å². The molecular formula is C11H12F2O. The van der Waals surface area contributed by atoms with Crippen LogP contribution in [0.15, 0.2) is 18.2 Å². The number of hydrogen-bond acceptors (Lipinski definition) is 1. The number of benzene rings is 1. The van der Waals surface area contributed by atoms with Crippen molar-refractivity contribution in [1.82, 2.24) is 0 Å². The summed E-state index contributed by atoms with van der Waals surface area (Å²) >= 11 is 0. The van der Waals surface area contributed by atoms with Crippen molar-refractivity contribution in [2.75, 3.05) is 0 Å². The highest BCUT2D eigenvalue weighted by molar-refractivity contribution is 5.25. The highest BCUT2D eigenvalue weighted by atomic mass is 19.1. The first-order valence-electron chi connectivity index (χ1n) is 4.69. The maximum absolute atomic E-state index is 12.9. The third-order valence-electron chi connectivity index (χ3n) is 2.82. The molecule has 76 valence electrons. The zero-order valence-electron chi connectivity index (χ0n) is 7.93. The van der Waals surface area contributed by atoms with Gasteiger partial charge < -0.3 is 5.11 Å². The highest BCUT2D eigenvalue weighted by Gasteiger charge is 2.41. The van der Waals surface area contributed by atoms with Gasteiger partial charge in [-0.25, -0.2) is 8.78 Å². The fourth-order valence-electron chi connectivity index (χ4n) is 1.73. The zero-order valence-corrected chi connectivity index (χ0v) is 7.93. The van der Waals surface area contributed by atoms with E-state index in [0.29, 0.717) is 5.56 Å². The van der Waals surface area contributed by atoms with Gasteiger partial charge in [0.1, 0.15) is 11.6 Å². The summed E-state index contributed by atoms with van der Waals surface area (Å²) in [5, 5.41) is 10.0. The molecule has 0 aromatic heterocycles. The summed E-state index contributed by atoms with van der Waals surface area (Å²) < 4.78 is 25.8. The van der Waals surface area contributed by atoms with Gasteiger partial charge in [-0.15, -0.1) is 0 Å². The fourth-order valence-corrected chi connectivity index (χ4v) is 1.73. The second kappa shape index (κ2) is 3.02. The third-order valence-corrected chi connectivity index (χ3v) is 2.82. The molecule has 14 heavy (non-hydrogen) atoms. The Morgan fingerprint density at radius 1 is 1.21 bits per heavy atom. The number of aliphatic hydroxyl groups is 1. The van der Waals surface area contributed by atoms with Gasteiger partial charge in [-0.05, 0) is 43.4 Å². The second-order valence-electron chi connectivity index (χ2n) is 4.08. The Morgan fingerprint density at radius 2 is 1.71 bits per heavy atom. The number of rotatable bonds is 2. The van der Waals surface area contributed by atoms with Gasteiger partial charge in [-0.2, -0.15) is 0 Å². The van der Waals surface area contributed by atoms with Crippen molar-refractivity contribution in [3.63, 3.8) is 0 Å². The molecule has 0 unspecified atom stereocenters. The lowest BCUT2D eigenvalue weighted by atomic mass is 9.91. The summed E-state index contributed by atoms with van der Waals surface area (Å²) in [4.78, 5) is 0. The van der Waals surface area contributed by atoms with Crippen LogP contribution in [0.1, 0.15) is 25.3 Å². The first-order chi connectivity index (χ1) is 6.50. The molecule has 0 radical (unpaired) electrons. The summed E-state index contributed by atoms with van der Waals surface area (Å²) in [5.41, 5.74) is -0.763. The highest BCUT2D eigenvalue weighted by Crippen LogP contribution is 2.45. The van der Waals surface area contributed by atoms with E-state index in [1.807, 2.05) is 0 Å². The van der Waals surface area contributed by atoms with Gasteiger partial charge >= 0.3 is 0 Å². The van der Waals surface area contributed by atoms with Gasteiger partial charge in [0.05, 0.1) is 5.60 Å². The van der Waals surface area contributed by atoms with Crippen molar-refractivity contribution in [2.24, 2.45) is 5.92 Å². The molecule has 0 heterocycles. The molecule has 1 atom stereocenters. The molecule has 1 N–H and O–H groups in total. The zero-order chi connectivity index (χ0) is 10.3. The largest absolute Gasteiger partial charge is 0.385 e. The lowest BCUT2D eigenvalue weighted by molar-refractivity contribution is 0.0324. The molecule has 0 amide bonds. The van der Waals surface area contributed by atoms with Crippen LogP contribution in [0.3, 0.4) is 0 Å². The molecule has 1 aromatic carbocycles. The van der Waals surface area contributed by atoms with E-state index in [1.54, 1.807) is 6.92 Å². The van der Waals surface area contributed by atoms with Crippen LogP contribution in [0.25, 0.3) is 0 Å². The molecule has 0 aliphatic heterocycles. The average molecular weight is 198 g/mol. The summed E-state index contributed by atoms with van der Waals surface area (Å²) in [5.74, 6) is -1.13. The maximum atomic E-state index is 12.9. The van der Waals surface area contributed by atoms with Crippen LogP contribution < -0.4 is 0 Å². The molecule has 0 saturated heterocycles. The molecule has 1 saturated carbocycles. The van der Waals surface area contributed by atoms with Gasteiger partial charge in [0.2, 0.25) is 0 Å². The van der Waals surface area contributed by atoms with E-state index in [9.17, 15) is 13.9 Å². The molecule has 3 heteroatoms. The van der Waals surface area contributed by atoms with Crippen molar-refractivity contribution in [3.8, 4) is 0 Å². The Balaban J connectivity index is 2.39. The molecule has 1 aliphatic rings. The lowest BCUT2D eigenvalue weighted by Crippen LogP contribution is -2.24. The standard InChI is InChI=1S/C11H12F2O/c1-11(14,7-2-3-7)8-4-9(12)6-10(13)5-8/h4-7,14H,2-3H2,1H3/t11-/m0/s1. The molecule has 0 bridgehead atoms. The average Bonchev–Trinajstić information content (AvgIpc) is 2.83. The molecule has 1 fully saturated rings. The van der Waals surface area contributed by atoms with Crippen molar-refractivity contribution < 1.29 is 13.9 Å². The van der Waals surface area contributed by atoms with E-state index in [1.165, 1.54) is 12.1 Å². The van der Waals surface area contributed by atoms with Crippen LogP contribution in [0.2, 0.25) is 0 Å². The van der Waals surface area contributed by atoms with Gasteiger partial charge in [0.15, 0.2) is 0 Å². The van der Waals surface area contributed by atoms with Crippen LogP contribution in [0.5, 0.6) is 0 Å². The van der Waals surface area contributed by atoms with Crippen LogP contribution in [-0.4, -0.2) is 5.11 Å². The summed E-state index contributed by atoms with van der Waals surface area (Å²) in [6, 6.07) is 3.20. The summed E-state index contributed by atoms with van der Waals surface area (Å²) in [7, 11) is 0. The fraction of sp³-hybridized carbons (Fsp3) is 0.455. The topological polar surface area (TPSA) is 20.2 Å². The summed E-state index contributed by atoms with van der Waals surface area (Å²) in [6.07, 6.45) is 1.84. The van der Waals surface area contributed by atoms with Crippen LogP contribution in [-0.2, 0) is 5.60 Å². The van der Waals surface area contributed by atoms with Crippen molar-refractivity contribution in [3.05, 3.63) is 35.4 Å². The first kappa shape index (κ1) is 9.59. The van der Waals surface area contributed by atoms with Crippen molar-refractivity contribution >= 4 is 0 Å². The quantitative estimate of drug-likeness (QED) is 0.774. The smallest absolute Gasteiger partial charge is 0.126 e. The Morgan fingerprint density at radius 3 is 2.14 bits per heavy atom. The van der Waals surface area contributed by atoms with Gasteiger partial charge in [0, 0.05) is 6.07 Å². The molecular weight excluding hydrogens is 186 g/mol. The predicted molar refractivity (Wildman–Crippen MR) is 48.7 cm³/mol.